The predicted octanol–water partition coefficient (Wildman–Crippen LogP) is -2.08. The number of aliphatic carboxylic acids is 3. The molecule has 1 heterocycles. The minimum atomic E-state index is -1.82. The Morgan fingerprint density at radius 2 is 1.39 bits per heavy atom. The summed E-state index contributed by atoms with van der Waals surface area (Å²) in [5.41, 5.74) is 4.57. The molecule has 0 bridgehead atoms. The van der Waals surface area contributed by atoms with E-state index in [1.165, 1.54) is 0 Å². The number of carboxylic acids is 3. The molecule has 9 heteroatoms. The molecule has 0 amide bonds. The lowest BCUT2D eigenvalue weighted by molar-refractivity contribution is -0.159. The maximum Gasteiger partial charge on any atom is 0.414 e. The fourth-order valence-corrected chi connectivity index (χ4v) is 0.807. The van der Waals surface area contributed by atoms with Crippen molar-refractivity contribution in [2.24, 2.45) is 5.73 Å². The van der Waals surface area contributed by atoms with Crippen molar-refractivity contribution < 1.29 is 34.8 Å². The molecule has 7 N–H and O–H groups in total. The number of aliphatic hydroxyl groups is 1. The highest BCUT2D eigenvalue weighted by Gasteiger charge is 2.06. The van der Waals surface area contributed by atoms with Crippen molar-refractivity contribution in [1.82, 2.24) is 5.32 Å². The molecule has 0 atom stereocenters. The maximum absolute atomic E-state index is 9.24. The summed E-state index contributed by atoms with van der Waals surface area (Å²) in [4.78, 5) is 27.4. The molecule has 0 aliphatic carbocycles. The monoisotopic (exact) mass is 266 g/mol. The first-order chi connectivity index (χ1) is 8.31. The van der Waals surface area contributed by atoms with E-state index in [1.807, 2.05) is 0 Å². The predicted molar refractivity (Wildman–Crippen MR) is 60.1 cm³/mol. The molecular formula is C9H18N2O7. The Labute approximate surface area is 103 Å². The van der Waals surface area contributed by atoms with E-state index in [0.717, 1.165) is 25.9 Å². The standard InChI is InChI=1S/C5H11NO.C2H5NO2.C2H2O4/c7-5-1-3-6-4-2-5;3-1-2(4)5;3-1(4)2(5)6/h5-7H,1-4H2;1,3H2,(H,4,5);(H,3,4)(H,5,6). The van der Waals surface area contributed by atoms with Crippen molar-refractivity contribution in [2.45, 2.75) is 18.9 Å². The first-order valence-electron chi connectivity index (χ1n) is 5.08. The number of nitrogens with two attached hydrogens (primary N) is 1. The molecule has 106 valence electrons. The number of nitrogens with one attached hydrogen (secondary N) is 1. The highest BCUT2D eigenvalue weighted by atomic mass is 16.4. The topological polar surface area (TPSA) is 170 Å². The summed E-state index contributed by atoms with van der Waals surface area (Å²) in [6.07, 6.45) is 1.83. The van der Waals surface area contributed by atoms with Crippen molar-refractivity contribution >= 4 is 17.9 Å². The molecule has 9 nitrogen and oxygen atoms in total. The summed E-state index contributed by atoms with van der Waals surface area (Å²) in [5.74, 6) is -4.62. The van der Waals surface area contributed by atoms with Gasteiger partial charge >= 0.3 is 17.9 Å². The van der Waals surface area contributed by atoms with Crippen LogP contribution in [-0.2, 0) is 14.4 Å². The van der Waals surface area contributed by atoms with Gasteiger partial charge in [0.1, 0.15) is 0 Å². The van der Waals surface area contributed by atoms with Crippen LogP contribution in [0.3, 0.4) is 0 Å². The third-order valence-corrected chi connectivity index (χ3v) is 1.67. The van der Waals surface area contributed by atoms with Crippen LogP contribution in [0.1, 0.15) is 12.8 Å². The van der Waals surface area contributed by atoms with Gasteiger partial charge in [0.25, 0.3) is 0 Å². The van der Waals surface area contributed by atoms with Crippen LogP contribution in [0.2, 0.25) is 0 Å². The van der Waals surface area contributed by atoms with Gasteiger partial charge in [-0.3, -0.25) is 4.79 Å². The van der Waals surface area contributed by atoms with Gasteiger partial charge in [0.05, 0.1) is 12.6 Å². The molecule has 1 aliphatic heterocycles. The Morgan fingerprint density at radius 1 is 1.06 bits per heavy atom. The second-order valence-electron chi connectivity index (χ2n) is 3.19. The summed E-state index contributed by atoms with van der Waals surface area (Å²) in [6.45, 7) is 1.70. The van der Waals surface area contributed by atoms with Crippen LogP contribution in [-0.4, -0.2) is 64.1 Å². The lowest BCUT2D eigenvalue weighted by atomic mass is 10.1. The largest absolute Gasteiger partial charge is 0.480 e. The Morgan fingerprint density at radius 3 is 1.50 bits per heavy atom. The van der Waals surface area contributed by atoms with E-state index >= 15 is 0 Å². The van der Waals surface area contributed by atoms with Gasteiger partial charge in [0.2, 0.25) is 0 Å². The Balaban J connectivity index is 0. The smallest absolute Gasteiger partial charge is 0.414 e. The zero-order valence-electron chi connectivity index (χ0n) is 9.70. The van der Waals surface area contributed by atoms with Crippen molar-refractivity contribution in [3.8, 4) is 0 Å². The Bertz CT molecular complexity index is 252. The highest BCUT2D eigenvalue weighted by Crippen LogP contribution is 1.99. The summed E-state index contributed by atoms with van der Waals surface area (Å²) >= 11 is 0. The number of rotatable bonds is 1. The number of piperidine rings is 1. The Hall–Kier alpha value is -1.71. The molecule has 1 fully saturated rings. The van der Waals surface area contributed by atoms with Gasteiger partial charge in [-0.1, -0.05) is 0 Å². The lowest BCUT2D eigenvalue weighted by Gasteiger charge is -2.16. The summed E-state index contributed by atoms with van der Waals surface area (Å²) in [6, 6.07) is 0. The van der Waals surface area contributed by atoms with Gasteiger partial charge in [-0.25, -0.2) is 9.59 Å². The summed E-state index contributed by atoms with van der Waals surface area (Å²) in [5, 5.41) is 34.4. The second-order valence-corrected chi connectivity index (χ2v) is 3.19. The van der Waals surface area contributed by atoms with Crippen LogP contribution in [0.5, 0.6) is 0 Å². The fourth-order valence-electron chi connectivity index (χ4n) is 0.807. The van der Waals surface area contributed by atoms with Crippen LogP contribution in [0.25, 0.3) is 0 Å². The molecule has 1 rings (SSSR count). The number of hydrogen-bond donors (Lipinski definition) is 6. The normalized spacial score (nSPS) is 14.3. The van der Waals surface area contributed by atoms with E-state index in [1.54, 1.807) is 0 Å². The van der Waals surface area contributed by atoms with E-state index in [4.69, 9.17) is 30.0 Å². The van der Waals surface area contributed by atoms with E-state index in [2.05, 4.69) is 11.1 Å². The first kappa shape index (κ1) is 18.6. The number of carboxylic acid groups (broad SMARTS) is 3. The second kappa shape index (κ2) is 11.8. The van der Waals surface area contributed by atoms with Gasteiger partial charge in [-0.2, -0.15) is 0 Å². The molecule has 0 aromatic rings. The molecular weight excluding hydrogens is 248 g/mol. The average molecular weight is 266 g/mol. The van der Waals surface area contributed by atoms with Crippen molar-refractivity contribution in [2.75, 3.05) is 19.6 Å². The number of carbonyl (C=O) groups is 3. The third-order valence-electron chi connectivity index (χ3n) is 1.67. The molecule has 18 heavy (non-hydrogen) atoms. The molecule has 0 saturated carbocycles. The van der Waals surface area contributed by atoms with Gasteiger partial charge in [-0.15, -0.1) is 0 Å². The summed E-state index contributed by atoms with van der Waals surface area (Å²) < 4.78 is 0. The quantitative estimate of drug-likeness (QED) is 0.291. The molecule has 1 aliphatic rings. The van der Waals surface area contributed by atoms with Crippen LogP contribution in [0, 0.1) is 0 Å². The minimum Gasteiger partial charge on any atom is -0.480 e. The van der Waals surface area contributed by atoms with E-state index < -0.39 is 17.9 Å². The van der Waals surface area contributed by atoms with E-state index in [9.17, 15) is 4.79 Å². The molecule has 0 radical (unpaired) electrons. The molecule has 0 aromatic carbocycles. The molecule has 0 spiro atoms. The van der Waals surface area contributed by atoms with Crippen LogP contribution >= 0.6 is 0 Å². The lowest BCUT2D eigenvalue weighted by Crippen LogP contribution is -2.30. The highest BCUT2D eigenvalue weighted by molar-refractivity contribution is 6.27. The van der Waals surface area contributed by atoms with E-state index in [0.29, 0.717) is 0 Å². The molecule has 0 unspecified atom stereocenters. The molecule has 1 saturated heterocycles. The number of hydrogen-bond acceptors (Lipinski definition) is 6. The van der Waals surface area contributed by atoms with Gasteiger partial charge in [-0.05, 0) is 25.9 Å². The van der Waals surface area contributed by atoms with Gasteiger partial charge < -0.3 is 31.5 Å². The SMILES string of the molecule is NCC(=O)O.O=C(O)C(=O)O.OC1CCNCC1. The fraction of sp³-hybridized carbons (Fsp3) is 0.667. The first-order valence-corrected chi connectivity index (χ1v) is 5.08. The van der Waals surface area contributed by atoms with Crippen molar-refractivity contribution in [3.05, 3.63) is 0 Å². The maximum atomic E-state index is 9.24. The summed E-state index contributed by atoms with van der Waals surface area (Å²) in [7, 11) is 0. The number of aliphatic hydroxyl groups excluding tert-OH is 1. The zero-order chi connectivity index (χ0) is 14.6. The van der Waals surface area contributed by atoms with Gasteiger partial charge in [0.15, 0.2) is 0 Å². The zero-order valence-corrected chi connectivity index (χ0v) is 9.70. The van der Waals surface area contributed by atoms with Crippen LogP contribution < -0.4 is 11.1 Å². The van der Waals surface area contributed by atoms with Crippen LogP contribution in [0.4, 0.5) is 0 Å². The van der Waals surface area contributed by atoms with Crippen molar-refractivity contribution in [1.29, 1.82) is 0 Å². The van der Waals surface area contributed by atoms with Gasteiger partial charge in [0, 0.05) is 0 Å². The molecule has 0 aromatic heterocycles. The third kappa shape index (κ3) is 16.7. The Kier molecular flexibility index (Phi) is 12.2. The van der Waals surface area contributed by atoms with Crippen LogP contribution in [0.15, 0.2) is 0 Å². The van der Waals surface area contributed by atoms with Crippen molar-refractivity contribution in [3.63, 3.8) is 0 Å². The minimum absolute atomic E-state index is 0.0266. The van der Waals surface area contributed by atoms with E-state index in [-0.39, 0.29) is 12.6 Å². The average Bonchev–Trinajstić information content (AvgIpc) is 2.31.